The van der Waals surface area contributed by atoms with Gasteiger partial charge in [-0.2, -0.15) is 4.98 Å². The van der Waals surface area contributed by atoms with E-state index in [9.17, 15) is 0 Å². The maximum atomic E-state index is 5.91. The van der Waals surface area contributed by atoms with E-state index in [0.29, 0.717) is 11.4 Å². The van der Waals surface area contributed by atoms with E-state index in [1.807, 2.05) is 6.07 Å². The van der Waals surface area contributed by atoms with Crippen LogP contribution in [0.3, 0.4) is 0 Å². The minimum Gasteiger partial charge on any atom is -0.467 e. The van der Waals surface area contributed by atoms with Crippen molar-refractivity contribution in [1.29, 1.82) is 0 Å². The minimum absolute atomic E-state index is 0.180. The number of nitrogen functional groups attached to an aromatic ring is 1. The lowest BCUT2D eigenvalue weighted by Crippen LogP contribution is -1.97. The third-order valence-corrected chi connectivity index (χ3v) is 2.26. The molecule has 0 saturated carbocycles. The van der Waals surface area contributed by atoms with Crippen molar-refractivity contribution in [3.8, 4) is 17.6 Å². The van der Waals surface area contributed by atoms with E-state index in [1.165, 1.54) is 13.3 Å². The fourth-order valence-corrected chi connectivity index (χ4v) is 1.31. The Balaban J connectivity index is 2.32. The van der Waals surface area contributed by atoms with Gasteiger partial charge in [0.2, 0.25) is 5.88 Å². The molecule has 0 atom stereocenters. The molecule has 0 amide bonds. The molecule has 17 heavy (non-hydrogen) atoms. The number of nitrogens with two attached hydrogens (primary N) is 1. The fourth-order valence-electron chi connectivity index (χ4n) is 1.18. The van der Waals surface area contributed by atoms with Crippen molar-refractivity contribution in [3.63, 3.8) is 0 Å². The lowest BCUT2D eigenvalue weighted by atomic mass is 10.3. The van der Waals surface area contributed by atoms with Crippen LogP contribution < -0.4 is 15.2 Å². The smallest absolute Gasteiger partial charge is 0.319 e. The lowest BCUT2D eigenvalue weighted by molar-refractivity contribution is 0.366. The summed E-state index contributed by atoms with van der Waals surface area (Å²) >= 11 is 5.91. The van der Waals surface area contributed by atoms with Gasteiger partial charge in [-0.3, -0.25) is 0 Å². The summed E-state index contributed by atoms with van der Waals surface area (Å²) in [5, 5.41) is 0.286. The van der Waals surface area contributed by atoms with Gasteiger partial charge in [0.05, 0.1) is 19.0 Å². The summed E-state index contributed by atoms with van der Waals surface area (Å²) in [5.74, 6) is 0.687. The van der Waals surface area contributed by atoms with E-state index in [1.54, 1.807) is 18.2 Å². The van der Waals surface area contributed by atoms with Crippen molar-refractivity contribution in [2.45, 2.75) is 0 Å². The van der Waals surface area contributed by atoms with Crippen LogP contribution in [0.25, 0.3) is 0 Å². The van der Waals surface area contributed by atoms with Crippen LogP contribution in [0.5, 0.6) is 17.6 Å². The van der Waals surface area contributed by atoms with Crippen molar-refractivity contribution in [2.24, 2.45) is 0 Å². The summed E-state index contributed by atoms with van der Waals surface area (Å²) in [7, 11) is 1.46. The van der Waals surface area contributed by atoms with Gasteiger partial charge in [0.15, 0.2) is 5.75 Å². The molecule has 1 aromatic carbocycles. The fraction of sp³-hybridized carbons (Fsp3) is 0.0909. The van der Waals surface area contributed by atoms with Crippen LogP contribution in [-0.2, 0) is 0 Å². The maximum absolute atomic E-state index is 5.91. The maximum Gasteiger partial charge on any atom is 0.319 e. The molecule has 2 aromatic rings. The number of hydrogen-bond donors (Lipinski definition) is 1. The van der Waals surface area contributed by atoms with Gasteiger partial charge >= 0.3 is 6.01 Å². The van der Waals surface area contributed by atoms with E-state index in [-0.39, 0.29) is 16.9 Å². The number of nitrogens with zero attached hydrogens (tertiary/aromatic N) is 2. The number of rotatable bonds is 3. The standard InChI is InChI=1S/C11H10ClN3O2/c1-16-11-14-6-7(12)10(15-11)17-9-5-3-2-4-8(9)13/h2-6H,13H2,1H3. The molecule has 0 spiro atoms. The zero-order valence-electron chi connectivity index (χ0n) is 9.05. The van der Waals surface area contributed by atoms with Gasteiger partial charge in [0, 0.05) is 0 Å². The molecule has 0 fully saturated rings. The summed E-state index contributed by atoms with van der Waals surface area (Å²) in [6.45, 7) is 0. The number of para-hydroxylation sites is 2. The van der Waals surface area contributed by atoms with Crippen molar-refractivity contribution < 1.29 is 9.47 Å². The highest BCUT2D eigenvalue weighted by Gasteiger charge is 2.09. The zero-order chi connectivity index (χ0) is 12.3. The molecule has 0 bridgehead atoms. The molecule has 0 saturated heterocycles. The number of benzene rings is 1. The average molecular weight is 252 g/mol. The van der Waals surface area contributed by atoms with Gasteiger partial charge in [-0.25, -0.2) is 4.98 Å². The van der Waals surface area contributed by atoms with Crippen LogP contribution in [0.1, 0.15) is 0 Å². The summed E-state index contributed by atoms with van der Waals surface area (Å²) < 4.78 is 10.4. The Hall–Kier alpha value is -2.01. The van der Waals surface area contributed by atoms with Gasteiger partial charge in [0.1, 0.15) is 5.02 Å². The van der Waals surface area contributed by atoms with Crippen LogP contribution in [0, 0.1) is 0 Å². The van der Waals surface area contributed by atoms with Gasteiger partial charge in [0.25, 0.3) is 0 Å². The molecule has 1 aromatic heterocycles. The molecule has 0 aliphatic carbocycles. The molecule has 2 N–H and O–H groups in total. The van der Waals surface area contributed by atoms with E-state index >= 15 is 0 Å². The first kappa shape index (κ1) is 11.5. The Morgan fingerprint density at radius 3 is 2.76 bits per heavy atom. The first-order chi connectivity index (χ1) is 8.20. The summed E-state index contributed by atoms with van der Waals surface area (Å²) in [6.07, 6.45) is 1.40. The Labute approximate surface area is 103 Å². The van der Waals surface area contributed by atoms with Crippen molar-refractivity contribution >= 4 is 17.3 Å². The van der Waals surface area contributed by atoms with Crippen LogP contribution >= 0.6 is 11.6 Å². The average Bonchev–Trinajstić information content (AvgIpc) is 2.35. The molecule has 0 radical (unpaired) electrons. The molecule has 0 aliphatic heterocycles. The molecule has 6 heteroatoms. The zero-order valence-corrected chi connectivity index (χ0v) is 9.81. The quantitative estimate of drug-likeness (QED) is 0.849. The van der Waals surface area contributed by atoms with Gasteiger partial charge in [-0.15, -0.1) is 0 Å². The third-order valence-electron chi connectivity index (χ3n) is 2.00. The molecule has 2 rings (SSSR count). The Kier molecular flexibility index (Phi) is 3.30. The highest BCUT2D eigenvalue weighted by Crippen LogP contribution is 2.30. The molecule has 1 heterocycles. The van der Waals surface area contributed by atoms with Gasteiger partial charge in [-0.05, 0) is 12.1 Å². The van der Waals surface area contributed by atoms with E-state index in [4.69, 9.17) is 26.8 Å². The van der Waals surface area contributed by atoms with E-state index < -0.39 is 0 Å². The van der Waals surface area contributed by atoms with E-state index in [0.717, 1.165) is 0 Å². The lowest BCUT2D eigenvalue weighted by Gasteiger charge is -2.08. The number of hydrogen-bond acceptors (Lipinski definition) is 5. The van der Waals surface area contributed by atoms with Crippen LogP contribution in [-0.4, -0.2) is 17.1 Å². The molecule has 0 aliphatic rings. The number of ether oxygens (including phenoxy) is 2. The SMILES string of the molecule is COc1ncc(Cl)c(Oc2ccccc2N)n1. The Morgan fingerprint density at radius 1 is 1.29 bits per heavy atom. The van der Waals surface area contributed by atoms with Crippen LogP contribution in [0.15, 0.2) is 30.5 Å². The summed E-state index contributed by atoms with van der Waals surface area (Å²) in [4.78, 5) is 7.83. The second-order valence-corrected chi connectivity index (χ2v) is 3.56. The van der Waals surface area contributed by atoms with Gasteiger partial charge in [-0.1, -0.05) is 23.7 Å². The first-order valence-corrected chi connectivity index (χ1v) is 5.17. The highest BCUT2D eigenvalue weighted by atomic mass is 35.5. The van der Waals surface area contributed by atoms with Crippen molar-refractivity contribution in [2.75, 3.05) is 12.8 Å². The summed E-state index contributed by atoms with van der Waals surface area (Å²) in [5.41, 5.74) is 6.25. The monoisotopic (exact) mass is 251 g/mol. The topological polar surface area (TPSA) is 70.3 Å². The number of methoxy groups -OCH3 is 1. The highest BCUT2D eigenvalue weighted by molar-refractivity contribution is 6.31. The van der Waals surface area contributed by atoms with E-state index in [2.05, 4.69) is 9.97 Å². The molecule has 5 nitrogen and oxygen atoms in total. The molecule has 88 valence electrons. The van der Waals surface area contributed by atoms with Crippen LogP contribution in [0.2, 0.25) is 5.02 Å². The van der Waals surface area contributed by atoms with Crippen LogP contribution in [0.4, 0.5) is 5.69 Å². The normalized spacial score (nSPS) is 10.0. The van der Waals surface area contributed by atoms with Crippen molar-refractivity contribution in [1.82, 2.24) is 9.97 Å². The van der Waals surface area contributed by atoms with Gasteiger partial charge < -0.3 is 15.2 Å². The number of halogens is 1. The Morgan fingerprint density at radius 2 is 2.06 bits per heavy atom. The first-order valence-electron chi connectivity index (χ1n) is 4.79. The minimum atomic E-state index is 0.180. The molecular weight excluding hydrogens is 242 g/mol. The second-order valence-electron chi connectivity index (χ2n) is 3.15. The molecule has 0 unspecified atom stereocenters. The number of anilines is 1. The Bertz CT molecular complexity index is 534. The third kappa shape index (κ3) is 2.57. The molecular formula is C11H10ClN3O2. The number of aromatic nitrogens is 2. The second kappa shape index (κ2) is 4.88. The predicted molar refractivity (Wildman–Crippen MR) is 64.5 cm³/mol. The predicted octanol–water partition coefficient (Wildman–Crippen LogP) is 2.51. The van der Waals surface area contributed by atoms with Crippen molar-refractivity contribution in [3.05, 3.63) is 35.5 Å². The largest absolute Gasteiger partial charge is 0.467 e. The summed E-state index contributed by atoms with van der Waals surface area (Å²) in [6, 6.07) is 7.24.